The first-order chi connectivity index (χ1) is 12.3. The van der Waals surface area contributed by atoms with Gasteiger partial charge in [-0.2, -0.15) is 0 Å². The highest BCUT2D eigenvalue weighted by Crippen LogP contribution is 2.14. The second-order valence-corrected chi connectivity index (χ2v) is 6.07. The van der Waals surface area contributed by atoms with E-state index >= 15 is 0 Å². The Hall–Kier alpha value is -3.09. The van der Waals surface area contributed by atoms with E-state index in [1.54, 1.807) is 32.0 Å². The number of likely N-dealkylation sites (N-methyl/N-ethyl adjacent to an activating group) is 1. The third-order valence-electron chi connectivity index (χ3n) is 3.73. The second-order valence-electron chi connectivity index (χ2n) is 6.07. The number of carbonyl (C=O) groups excluding carboxylic acids is 3. The molecule has 1 N–H and O–H groups in total. The fourth-order valence-electron chi connectivity index (χ4n) is 2.29. The summed E-state index contributed by atoms with van der Waals surface area (Å²) in [4.78, 5) is 37.2. The lowest BCUT2D eigenvalue weighted by Gasteiger charge is -2.16. The Labute approximate surface area is 151 Å². The van der Waals surface area contributed by atoms with E-state index in [1.165, 1.54) is 11.9 Å². The minimum absolute atomic E-state index is 0.145. The molecule has 2 rings (SSSR count). The molecule has 0 radical (unpaired) electrons. The zero-order valence-electron chi connectivity index (χ0n) is 15.3. The molecule has 0 aliphatic carbocycles. The SMILES string of the molecule is Cc1ccc(NC(=O)CN(C)C(=O)COC(=O)c2cc(C)oc2C)cc1. The van der Waals surface area contributed by atoms with E-state index in [0.717, 1.165) is 5.56 Å². The Bertz CT molecular complexity index is 808. The number of anilines is 1. The first-order valence-corrected chi connectivity index (χ1v) is 8.11. The molecule has 0 aliphatic heterocycles. The number of esters is 1. The van der Waals surface area contributed by atoms with Gasteiger partial charge in [0.05, 0.1) is 6.54 Å². The van der Waals surface area contributed by atoms with E-state index in [4.69, 9.17) is 9.15 Å². The molecular weight excluding hydrogens is 336 g/mol. The van der Waals surface area contributed by atoms with Crippen molar-refractivity contribution in [1.29, 1.82) is 0 Å². The molecule has 1 aromatic heterocycles. The van der Waals surface area contributed by atoms with Crippen molar-refractivity contribution in [2.45, 2.75) is 20.8 Å². The lowest BCUT2D eigenvalue weighted by Crippen LogP contribution is -2.37. The van der Waals surface area contributed by atoms with Gasteiger partial charge in [-0.1, -0.05) is 17.7 Å². The van der Waals surface area contributed by atoms with E-state index in [-0.39, 0.29) is 18.0 Å². The molecule has 0 saturated carbocycles. The van der Waals surface area contributed by atoms with Crippen LogP contribution >= 0.6 is 0 Å². The van der Waals surface area contributed by atoms with Crippen LogP contribution in [0.4, 0.5) is 5.69 Å². The number of nitrogens with one attached hydrogen (secondary N) is 1. The van der Waals surface area contributed by atoms with E-state index in [9.17, 15) is 14.4 Å². The number of hydrogen-bond acceptors (Lipinski definition) is 5. The van der Waals surface area contributed by atoms with Crippen LogP contribution in [0.15, 0.2) is 34.7 Å². The third-order valence-corrected chi connectivity index (χ3v) is 3.73. The first-order valence-electron chi connectivity index (χ1n) is 8.11. The lowest BCUT2D eigenvalue weighted by atomic mass is 10.2. The minimum atomic E-state index is -0.634. The number of benzene rings is 1. The summed E-state index contributed by atoms with van der Waals surface area (Å²) >= 11 is 0. The average Bonchev–Trinajstić information content (AvgIpc) is 2.92. The van der Waals surface area contributed by atoms with Gasteiger partial charge in [0.15, 0.2) is 6.61 Å². The summed E-state index contributed by atoms with van der Waals surface area (Å²) in [7, 11) is 1.47. The van der Waals surface area contributed by atoms with Crippen molar-refractivity contribution in [3.63, 3.8) is 0 Å². The predicted molar refractivity (Wildman–Crippen MR) is 95.9 cm³/mol. The van der Waals surface area contributed by atoms with Gasteiger partial charge in [-0.05, 0) is 39.0 Å². The van der Waals surface area contributed by atoms with Crippen LogP contribution in [0.3, 0.4) is 0 Å². The maximum atomic E-state index is 12.0. The number of amides is 2. The Kier molecular flexibility index (Phi) is 6.16. The topological polar surface area (TPSA) is 88.9 Å². The highest BCUT2D eigenvalue weighted by Gasteiger charge is 2.19. The maximum Gasteiger partial charge on any atom is 0.342 e. The van der Waals surface area contributed by atoms with Crippen LogP contribution in [0, 0.1) is 20.8 Å². The van der Waals surface area contributed by atoms with Crippen LogP contribution in [0.25, 0.3) is 0 Å². The van der Waals surface area contributed by atoms with Gasteiger partial charge in [0.25, 0.3) is 5.91 Å². The Morgan fingerprint density at radius 1 is 1.12 bits per heavy atom. The number of ether oxygens (including phenoxy) is 1. The van der Waals surface area contributed by atoms with Crippen LogP contribution in [0.1, 0.15) is 27.4 Å². The number of rotatable bonds is 6. The molecule has 7 nitrogen and oxygen atoms in total. The monoisotopic (exact) mass is 358 g/mol. The van der Waals surface area contributed by atoms with Crippen molar-refractivity contribution >= 4 is 23.5 Å². The van der Waals surface area contributed by atoms with Crippen molar-refractivity contribution in [2.24, 2.45) is 0 Å². The molecule has 26 heavy (non-hydrogen) atoms. The highest BCUT2D eigenvalue weighted by atomic mass is 16.5. The minimum Gasteiger partial charge on any atom is -0.466 e. The molecule has 0 unspecified atom stereocenters. The number of furan rings is 1. The summed E-state index contributed by atoms with van der Waals surface area (Å²) in [5.74, 6) is -0.422. The Balaban J connectivity index is 1.81. The van der Waals surface area contributed by atoms with Crippen molar-refractivity contribution < 1.29 is 23.5 Å². The number of hydrogen-bond donors (Lipinski definition) is 1. The zero-order valence-corrected chi connectivity index (χ0v) is 15.3. The first kappa shape index (κ1) is 19.2. The normalized spacial score (nSPS) is 10.3. The van der Waals surface area contributed by atoms with Crippen molar-refractivity contribution in [2.75, 3.05) is 25.5 Å². The molecule has 1 aromatic carbocycles. The van der Waals surface area contributed by atoms with Gasteiger partial charge in [-0.15, -0.1) is 0 Å². The average molecular weight is 358 g/mol. The van der Waals surface area contributed by atoms with Gasteiger partial charge in [0, 0.05) is 12.7 Å². The molecule has 2 amide bonds. The molecule has 0 spiro atoms. The molecule has 1 heterocycles. The van der Waals surface area contributed by atoms with Gasteiger partial charge in [-0.3, -0.25) is 9.59 Å². The van der Waals surface area contributed by atoms with E-state index in [2.05, 4.69) is 5.32 Å². The van der Waals surface area contributed by atoms with Crippen LogP contribution in [0.5, 0.6) is 0 Å². The number of nitrogens with zero attached hydrogens (tertiary/aromatic N) is 1. The van der Waals surface area contributed by atoms with Gasteiger partial charge in [-0.25, -0.2) is 4.79 Å². The molecule has 0 bridgehead atoms. The van der Waals surface area contributed by atoms with Gasteiger partial charge in [0.1, 0.15) is 17.1 Å². The van der Waals surface area contributed by atoms with Gasteiger partial charge >= 0.3 is 5.97 Å². The van der Waals surface area contributed by atoms with E-state index in [1.807, 2.05) is 19.1 Å². The molecule has 0 aliphatic rings. The van der Waals surface area contributed by atoms with Crippen molar-refractivity contribution in [3.05, 3.63) is 53.0 Å². The number of aryl methyl sites for hydroxylation is 3. The highest BCUT2D eigenvalue weighted by molar-refractivity contribution is 5.95. The third kappa shape index (κ3) is 5.20. The standard InChI is InChI=1S/C19H22N2O5/c1-12-5-7-15(8-6-12)20-17(22)10-21(4)18(23)11-25-19(24)16-9-13(2)26-14(16)3/h5-9H,10-11H2,1-4H3,(H,20,22). The summed E-state index contributed by atoms with van der Waals surface area (Å²) in [5, 5.41) is 2.70. The molecular formula is C19H22N2O5. The quantitative estimate of drug-likeness (QED) is 0.801. The summed E-state index contributed by atoms with van der Waals surface area (Å²) < 4.78 is 10.3. The van der Waals surface area contributed by atoms with Crippen molar-refractivity contribution in [1.82, 2.24) is 4.90 Å². The summed E-state index contributed by atoms with van der Waals surface area (Å²) in [5.41, 5.74) is 2.02. The van der Waals surface area contributed by atoms with Crippen LogP contribution in [-0.4, -0.2) is 42.9 Å². The van der Waals surface area contributed by atoms with E-state index in [0.29, 0.717) is 17.2 Å². The van der Waals surface area contributed by atoms with Crippen LogP contribution in [-0.2, 0) is 14.3 Å². The molecule has 7 heteroatoms. The molecule has 0 saturated heterocycles. The van der Waals surface area contributed by atoms with Gasteiger partial charge < -0.3 is 19.4 Å². The zero-order chi connectivity index (χ0) is 19.3. The Morgan fingerprint density at radius 3 is 2.35 bits per heavy atom. The van der Waals surface area contributed by atoms with Crippen LogP contribution < -0.4 is 5.32 Å². The van der Waals surface area contributed by atoms with E-state index < -0.39 is 18.5 Å². The summed E-state index contributed by atoms with van der Waals surface area (Å²) in [6, 6.07) is 8.88. The lowest BCUT2D eigenvalue weighted by molar-refractivity contribution is -0.136. The summed E-state index contributed by atoms with van der Waals surface area (Å²) in [6.07, 6.45) is 0. The largest absolute Gasteiger partial charge is 0.466 e. The number of carbonyl (C=O) groups is 3. The fraction of sp³-hybridized carbons (Fsp3) is 0.316. The maximum absolute atomic E-state index is 12.0. The van der Waals surface area contributed by atoms with Crippen molar-refractivity contribution in [3.8, 4) is 0 Å². The molecule has 0 atom stereocenters. The predicted octanol–water partition coefficient (Wildman–Crippen LogP) is 2.46. The smallest absolute Gasteiger partial charge is 0.342 e. The molecule has 0 fully saturated rings. The Morgan fingerprint density at radius 2 is 1.77 bits per heavy atom. The van der Waals surface area contributed by atoms with Crippen LogP contribution in [0.2, 0.25) is 0 Å². The summed E-state index contributed by atoms with van der Waals surface area (Å²) in [6.45, 7) is 4.72. The second kappa shape index (κ2) is 8.33. The van der Waals surface area contributed by atoms with Gasteiger partial charge in [0.2, 0.25) is 5.91 Å². The fourth-order valence-corrected chi connectivity index (χ4v) is 2.29. The molecule has 138 valence electrons. The molecule has 2 aromatic rings.